The van der Waals surface area contributed by atoms with Crippen molar-refractivity contribution >= 4 is 11.6 Å². The summed E-state index contributed by atoms with van der Waals surface area (Å²) < 4.78 is 5.63. The van der Waals surface area contributed by atoms with Crippen LogP contribution in [0, 0.1) is 11.8 Å². The van der Waals surface area contributed by atoms with Crippen LogP contribution in [0.2, 0.25) is 0 Å². The van der Waals surface area contributed by atoms with E-state index >= 15 is 0 Å². The number of nitrogens with two attached hydrogens (primary N) is 1. The van der Waals surface area contributed by atoms with Gasteiger partial charge in [-0.3, -0.25) is 4.79 Å². The van der Waals surface area contributed by atoms with Crippen LogP contribution in [0.3, 0.4) is 0 Å². The Morgan fingerprint density at radius 2 is 1.80 bits per heavy atom. The fourth-order valence-corrected chi connectivity index (χ4v) is 1.54. The third-order valence-corrected chi connectivity index (χ3v) is 3.29. The molecule has 1 rings (SSSR count). The first-order chi connectivity index (χ1) is 9.40. The minimum Gasteiger partial charge on any atom is -0.494 e. The second kappa shape index (κ2) is 7.90. The van der Waals surface area contributed by atoms with Gasteiger partial charge in [-0.15, -0.1) is 0 Å². The Kier molecular flexibility index (Phi) is 6.52. The van der Waals surface area contributed by atoms with Crippen LogP contribution in [0.25, 0.3) is 0 Å². The molecule has 0 fully saturated rings. The molecule has 0 aromatic heterocycles. The predicted molar refractivity (Wildman–Crippen MR) is 82.8 cm³/mol. The van der Waals surface area contributed by atoms with E-state index in [1.807, 2.05) is 38.1 Å². The second-order valence-corrected chi connectivity index (χ2v) is 5.69. The molecule has 3 N–H and O–H groups in total. The minimum atomic E-state index is -0.211. The normalized spacial score (nSPS) is 13.9. The van der Waals surface area contributed by atoms with Gasteiger partial charge in [0.15, 0.2) is 0 Å². The van der Waals surface area contributed by atoms with Crippen molar-refractivity contribution in [3.05, 3.63) is 24.3 Å². The molecule has 2 unspecified atom stereocenters. The fourth-order valence-electron chi connectivity index (χ4n) is 1.54. The summed E-state index contributed by atoms with van der Waals surface area (Å²) in [5, 5.41) is 2.85. The van der Waals surface area contributed by atoms with Gasteiger partial charge < -0.3 is 15.8 Å². The Labute approximate surface area is 121 Å². The third-order valence-electron chi connectivity index (χ3n) is 3.29. The van der Waals surface area contributed by atoms with Crippen LogP contribution in [0.15, 0.2) is 24.3 Å². The Morgan fingerprint density at radius 3 is 2.30 bits per heavy atom. The van der Waals surface area contributed by atoms with Gasteiger partial charge in [0.1, 0.15) is 5.75 Å². The molecule has 4 heteroatoms. The number of hydrogen-bond acceptors (Lipinski definition) is 3. The SMILES string of the molecule is CC(C)CCOc1ccc(NC(=O)C(C)C(C)N)cc1. The van der Waals surface area contributed by atoms with Crippen LogP contribution < -0.4 is 15.8 Å². The van der Waals surface area contributed by atoms with Crippen LogP contribution in [0.4, 0.5) is 5.69 Å². The van der Waals surface area contributed by atoms with Gasteiger partial charge in [-0.05, 0) is 43.5 Å². The van der Waals surface area contributed by atoms with Crippen molar-refractivity contribution < 1.29 is 9.53 Å². The van der Waals surface area contributed by atoms with Gasteiger partial charge in [-0.25, -0.2) is 0 Å². The van der Waals surface area contributed by atoms with E-state index in [9.17, 15) is 4.79 Å². The summed E-state index contributed by atoms with van der Waals surface area (Å²) in [5.41, 5.74) is 6.48. The zero-order valence-electron chi connectivity index (χ0n) is 12.8. The summed E-state index contributed by atoms with van der Waals surface area (Å²) >= 11 is 0. The van der Waals surface area contributed by atoms with Crippen LogP contribution >= 0.6 is 0 Å². The van der Waals surface area contributed by atoms with Crippen molar-refractivity contribution in [2.24, 2.45) is 17.6 Å². The van der Waals surface area contributed by atoms with Crippen molar-refractivity contribution in [2.45, 2.75) is 40.2 Å². The average molecular weight is 278 g/mol. The van der Waals surface area contributed by atoms with Crippen molar-refractivity contribution in [1.29, 1.82) is 0 Å². The van der Waals surface area contributed by atoms with Gasteiger partial charge in [0.25, 0.3) is 0 Å². The molecular weight excluding hydrogens is 252 g/mol. The molecule has 0 spiro atoms. The second-order valence-electron chi connectivity index (χ2n) is 5.69. The molecule has 20 heavy (non-hydrogen) atoms. The average Bonchev–Trinajstić information content (AvgIpc) is 2.39. The fraction of sp³-hybridized carbons (Fsp3) is 0.562. The Bertz CT molecular complexity index is 413. The number of carbonyl (C=O) groups excluding carboxylic acids is 1. The molecule has 4 nitrogen and oxygen atoms in total. The Balaban J connectivity index is 2.48. The number of ether oxygens (including phenoxy) is 1. The van der Waals surface area contributed by atoms with E-state index in [1.165, 1.54) is 0 Å². The van der Waals surface area contributed by atoms with Crippen LogP contribution in [0.1, 0.15) is 34.1 Å². The highest BCUT2D eigenvalue weighted by Crippen LogP contribution is 2.17. The summed E-state index contributed by atoms with van der Waals surface area (Å²) in [4.78, 5) is 11.9. The number of carbonyl (C=O) groups is 1. The van der Waals surface area contributed by atoms with Gasteiger partial charge in [-0.2, -0.15) is 0 Å². The maximum absolute atomic E-state index is 11.9. The van der Waals surface area contributed by atoms with E-state index in [4.69, 9.17) is 10.5 Å². The lowest BCUT2D eigenvalue weighted by Gasteiger charge is -2.15. The molecule has 0 saturated carbocycles. The summed E-state index contributed by atoms with van der Waals surface area (Å²) in [5.74, 6) is 1.18. The van der Waals surface area contributed by atoms with E-state index in [-0.39, 0.29) is 17.9 Å². The predicted octanol–water partition coefficient (Wildman–Crippen LogP) is 3.03. The number of rotatable bonds is 7. The molecule has 0 aliphatic heterocycles. The van der Waals surface area contributed by atoms with Crippen molar-refractivity contribution in [2.75, 3.05) is 11.9 Å². The van der Waals surface area contributed by atoms with Gasteiger partial charge in [0, 0.05) is 11.7 Å². The lowest BCUT2D eigenvalue weighted by molar-refractivity contribution is -0.119. The third kappa shape index (κ3) is 5.61. The smallest absolute Gasteiger partial charge is 0.228 e. The monoisotopic (exact) mass is 278 g/mol. The first kappa shape index (κ1) is 16.5. The Hall–Kier alpha value is -1.55. The first-order valence-electron chi connectivity index (χ1n) is 7.19. The van der Waals surface area contributed by atoms with Gasteiger partial charge >= 0.3 is 0 Å². The molecule has 2 atom stereocenters. The molecule has 0 heterocycles. The minimum absolute atomic E-state index is 0.0616. The lowest BCUT2D eigenvalue weighted by Crippen LogP contribution is -2.34. The van der Waals surface area contributed by atoms with Crippen LogP contribution in [-0.4, -0.2) is 18.6 Å². The highest BCUT2D eigenvalue weighted by Gasteiger charge is 2.16. The summed E-state index contributed by atoms with van der Waals surface area (Å²) in [7, 11) is 0. The Morgan fingerprint density at radius 1 is 1.20 bits per heavy atom. The van der Waals surface area contributed by atoms with Crippen molar-refractivity contribution in [1.82, 2.24) is 0 Å². The van der Waals surface area contributed by atoms with E-state index in [2.05, 4.69) is 19.2 Å². The molecule has 1 aromatic rings. The molecule has 0 aliphatic carbocycles. The molecule has 0 saturated heterocycles. The number of benzene rings is 1. The number of anilines is 1. The van der Waals surface area contributed by atoms with Crippen molar-refractivity contribution in [3.63, 3.8) is 0 Å². The topological polar surface area (TPSA) is 64.3 Å². The number of nitrogens with one attached hydrogen (secondary N) is 1. The van der Waals surface area contributed by atoms with Gasteiger partial charge in [0.05, 0.1) is 12.5 Å². The highest BCUT2D eigenvalue weighted by molar-refractivity contribution is 5.92. The summed E-state index contributed by atoms with van der Waals surface area (Å²) in [6.45, 7) is 8.70. The van der Waals surface area contributed by atoms with E-state index in [0.29, 0.717) is 12.5 Å². The molecule has 112 valence electrons. The zero-order valence-corrected chi connectivity index (χ0v) is 12.8. The van der Waals surface area contributed by atoms with Gasteiger partial charge in [-0.1, -0.05) is 20.8 Å². The van der Waals surface area contributed by atoms with Crippen molar-refractivity contribution in [3.8, 4) is 5.75 Å². The van der Waals surface area contributed by atoms with Gasteiger partial charge in [0.2, 0.25) is 5.91 Å². The molecule has 0 radical (unpaired) electrons. The largest absolute Gasteiger partial charge is 0.494 e. The van der Waals surface area contributed by atoms with Crippen LogP contribution in [0.5, 0.6) is 5.75 Å². The van der Waals surface area contributed by atoms with E-state index in [0.717, 1.165) is 17.9 Å². The maximum atomic E-state index is 11.9. The zero-order chi connectivity index (χ0) is 15.1. The maximum Gasteiger partial charge on any atom is 0.228 e. The molecule has 0 bridgehead atoms. The quantitative estimate of drug-likeness (QED) is 0.805. The number of amides is 1. The summed E-state index contributed by atoms with van der Waals surface area (Å²) in [6, 6.07) is 7.26. The highest BCUT2D eigenvalue weighted by atomic mass is 16.5. The molecule has 1 aromatic carbocycles. The first-order valence-corrected chi connectivity index (χ1v) is 7.19. The van der Waals surface area contributed by atoms with Crippen LogP contribution in [-0.2, 0) is 4.79 Å². The standard InChI is InChI=1S/C16H26N2O2/c1-11(2)9-10-20-15-7-5-14(6-8-15)18-16(19)12(3)13(4)17/h5-8,11-13H,9-10,17H2,1-4H3,(H,18,19). The summed E-state index contributed by atoms with van der Waals surface area (Å²) in [6.07, 6.45) is 1.03. The number of hydrogen-bond donors (Lipinski definition) is 2. The van der Waals surface area contributed by atoms with E-state index < -0.39 is 0 Å². The molecular formula is C16H26N2O2. The lowest BCUT2D eigenvalue weighted by atomic mass is 10.0. The molecule has 0 aliphatic rings. The molecule has 1 amide bonds. The van der Waals surface area contributed by atoms with E-state index in [1.54, 1.807) is 0 Å².